The fourth-order valence-corrected chi connectivity index (χ4v) is 2.71. The minimum atomic E-state index is -4.45. The molecule has 2 N–H and O–H groups in total. The van der Waals surface area contributed by atoms with Gasteiger partial charge >= 0.3 is 6.18 Å². The zero-order valence-electron chi connectivity index (χ0n) is 15.2. The number of aryl methyl sites for hydroxylation is 1. The van der Waals surface area contributed by atoms with E-state index in [4.69, 9.17) is 12.2 Å². The largest absolute Gasteiger partial charge is 0.468 e. The second-order valence-electron chi connectivity index (χ2n) is 6.15. The van der Waals surface area contributed by atoms with Crippen molar-refractivity contribution in [3.63, 3.8) is 0 Å². The number of anilines is 1. The fourth-order valence-electron chi connectivity index (χ4n) is 2.51. The molecular weight excluding hydrogens is 407 g/mol. The molecular formula is C18H16F3N5O2S. The summed E-state index contributed by atoms with van der Waals surface area (Å²) in [6.45, 7) is 0.397. The summed E-state index contributed by atoms with van der Waals surface area (Å²) in [5, 5.41) is 9.47. The van der Waals surface area contributed by atoms with Crippen LogP contribution in [-0.2, 0) is 11.3 Å². The van der Waals surface area contributed by atoms with Crippen molar-refractivity contribution in [1.29, 1.82) is 0 Å². The predicted octanol–water partition coefficient (Wildman–Crippen LogP) is 3.89. The Bertz CT molecular complexity index is 1060. The molecule has 0 spiro atoms. The summed E-state index contributed by atoms with van der Waals surface area (Å²) in [5.41, 5.74) is 2.14. The van der Waals surface area contributed by atoms with Gasteiger partial charge in [0.25, 0.3) is 0 Å². The molecule has 1 aromatic carbocycles. The van der Waals surface area contributed by atoms with Crippen LogP contribution >= 0.6 is 12.2 Å². The van der Waals surface area contributed by atoms with Crippen molar-refractivity contribution >= 4 is 23.8 Å². The lowest BCUT2D eigenvalue weighted by atomic mass is 10.1. The smallest absolute Gasteiger partial charge is 0.422 e. The van der Waals surface area contributed by atoms with Gasteiger partial charge in [-0.2, -0.15) is 18.3 Å². The number of alkyl halides is 3. The first-order valence-corrected chi connectivity index (χ1v) is 8.80. The van der Waals surface area contributed by atoms with Crippen molar-refractivity contribution < 1.29 is 22.7 Å². The van der Waals surface area contributed by atoms with E-state index < -0.39 is 18.7 Å². The highest BCUT2D eigenvalue weighted by molar-refractivity contribution is 7.71. The lowest BCUT2D eigenvalue weighted by Crippen LogP contribution is -2.20. The Balaban J connectivity index is 1.67. The third-order valence-electron chi connectivity index (χ3n) is 3.74. The van der Waals surface area contributed by atoms with Gasteiger partial charge in [-0.05, 0) is 31.3 Å². The number of nitrogens with one attached hydrogen (secondary N) is 2. The van der Waals surface area contributed by atoms with Crippen molar-refractivity contribution in [2.75, 3.05) is 11.9 Å². The van der Waals surface area contributed by atoms with E-state index in [2.05, 4.69) is 25.2 Å². The average molecular weight is 423 g/mol. The van der Waals surface area contributed by atoms with E-state index in [9.17, 15) is 18.0 Å². The second kappa shape index (κ2) is 8.43. The molecule has 11 heteroatoms. The van der Waals surface area contributed by atoms with Crippen molar-refractivity contribution in [2.24, 2.45) is 0 Å². The van der Waals surface area contributed by atoms with E-state index in [1.54, 1.807) is 4.57 Å². The molecule has 0 aliphatic carbocycles. The van der Waals surface area contributed by atoms with Gasteiger partial charge in [0, 0.05) is 11.6 Å². The third kappa shape index (κ3) is 5.64. The average Bonchev–Trinajstić information content (AvgIpc) is 3.01. The maximum Gasteiger partial charge on any atom is 0.422 e. The van der Waals surface area contributed by atoms with E-state index in [-0.39, 0.29) is 17.2 Å². The number of rotatable bonds is 6. The number of aromatic nitrogens is 4. The molecule has 7 nitrogen and oxygen atoms in total. The van der Waals surface area contributed by atoms with Crippen molar-refractivity contribution in [3.8, 4) is 17.3 Å². The fraction of sp³-hybridized carbons (Fsp3) is 0.222. The van der Waals surface area contributed by atoms with Gasteiger partial charge in [-0.25, -0.2) is 4.98 Å². The summed E-state index contributed by atoms with van der Waals surface area (Å²) in [6, 6.07) is 10.2. The molecule has 1 amide bonds. The van der Waals surface area contributed by atoms with Crippen molar-refractivity contribution in [2.45, 2.75) is 19.6 Å². The van der Waals surface area contributed by atoms with Crippen molar-refractivity contribution in [1.82, 2.24) is 19.7 Å². The first-order chi connectivity index (χ1) is 13.7. The Labute approximate surface area is 168 Å². The number of benzene rings is 1. The molecule has 152 valence electrons. The van der Waals surface area contributed by atoms with Gasteiger partial charge in [0.1, 0.15) is 6.54 Å². The topological polar surface area (TPSA) is 84.8 Å². The molecule has 2 aromatic heterocycles. The molecule has 0 atom stereocenters. The maximum atomic E-state index is 12.4. The highest BCUT2D eigenvalue weighted by atomic mass is 32.1. The van der Waals surface area contributed by atoms with Gasteiger partial charge in [-0.15, -0.1) is 0 Å². The number of halogens is 3. The molecule has 0 saturated heterocycles. The van der Waals surface area contributed by atoms with Gasteiger partial charge < -0.3 is 10.1 Å². The van der Waals surface area contributed by atoms with Gasteiger partial charge in [0.2, 0.25) is 11.8 Å². The van der Waals surface area contributed by atoms with Gasteiger partial charge in [-0.3, -0.25) is 14.5 Å². The van der Waals surface area contributed by atoms with Crippen LogP contribution in [0.25, 0.3) is 11.4 Å². The number of carbonyl (C=O) groups excluding carboxylic acids is 1. The number of amides is 1. The zero-order chi connectivity index (χ0) is 21.0. The molecule has 0 fully saturated rings. The van der Waals surface area contributed by atoms with Crippen molar-refractivity contribution in [3.05, 3.63) is 52.9 Å². The summed E-state index contributed by atoms with van der Waals surface area (Å²) in [7, 11) is 0. The van der Waals surface area contributed by atoms with Gasteiger partial charge in [-0.1, -0.05) is 23.8 Å². The number of carbonyl (C=O) groups is 1. The molecule has 3 aromatic rings. The summed E-state index contributed by atoms with van der Waals surface area (Å²) >= 11 is 5.21. The number of nitrogens with zero attached hydrogens (tertiary/aromatic N) is 3. The molecule has 2 heterocycles. The van der Waals surface area contributed by atoms with Crippen LogP contribution in [0.5, 0.6) is 5.88 Å². The van der Waals surface area contributed by atoms with Crippen LogP contribution in [0.15, 0.2) is 42.6 Å². The Morgan fingerprint density at radius 1 is 1.31 bits per heavy atom. The molecule has 0 aliphatic heterocycles. The molecule has 3 rings (SSSR count). The summed E-state index contributed by atoms with van der Waals surface area (Å²) in [5.74, 6) is -0.0795. The molecule has 0 radical (unpaired) electrons. The minimum Gasteiger partial charge on any atom is -0.468 e. The molecule has 0 unspecified atom stereocenters. The number of H-pyrrole nitrogens is 1. The highest BCUT2D eigenvalue weighted by Crippen LogP contribution is 2.20. The molecule has 29 heavy (non-hydrogen) atoms. The first-order valence-electron chi connectivity index (χ1n) is 8.39. The van der Waals surface area contributed by atoms with E-state index in [1.807, 2.05) is 31.2 Å². The minimum absolute atomic E-state index is 0.106. The summed E-state index contributed by atoms with van der Waals surface area (Å²) in [4.78, 5) is 16.1. The van der Waals surface area contributed by atoms with Crippen LogP contribution < -0.4 is 10.1 Å². The summed E-state index contributed by atoms with van der Waals surface area (Å²) < 4.78 is 42.8. The number of hydrogen-bond donors (Lipinski definition) is 2. The van der Waals surface area contributed by atoms with Gasteiger partial charge in [0.05, 0.1) is 11.9 Å². The Morgan fingerprint density at radius 3 is 2.76 bits per heavy atom. The monoisotopic (exact) mass is 423 g/mol. The number of hydrogen-bond acceptors (Lipinski definition) is 5. The van der Waals surface area contributed by atoms with Crippen LogP contribution in [0.3, 0.4) is 0 Å². The Morgan fingerprint density at radius 2 is 2.10 bits per heavy atom. The summed E-state index contributed by atoms with van der Waals surface area (Å²) in [6.07, 6.45) is -3.24. The molecule has 0 aliphatic rings. The predicted molar refractivity (Wildman–Crippen MR) is 102 cm³/mol. The number of ether oxygens (including phenoxy) is 1. The Kier molecular flexibility index (Phi) is 5.97. The zero-order valence-corrected chi connectivity index (χ0v) is 16.0. The number of pyridine rings is 1. The SMILES string of the molecule is Cc1cccc(-c2n[nH]c(=S)n2CC(=O)Nc2ccc(OCC(F)(F)F)nc2)c1. The van der Waals surface area contributed by atoms with E-state index in [0.29, 0.717) is 11.5 Å². The highest BCUT2D eigenvalue weighted by Gasteiger charge is 2.28. The van der Waals surface area contributed by atoms with E-state index in [1.165, 1.54) is 18.3 Å². The standard InChI is InChI=1S/C18H16F3N5O2S/c1-11-3-2-4-12(7-11)16-24-25-17(29)26(16)9-14(27)23-13-5-6-15(22-8-13)28-10-18(19,20)21/h2-8H,9-10H2,1H3,(H,23,27)(H,25,29). The third-order valence-corrected chi connectivity index (χ3v) is 4.05. The number of aromatic amines is 1. The first kappa shape index (κ1) is 20.5. The Hall–Kier alpha value is -3.21. The normalized spacial score (nSPS) is 11.3. The lowest BCUT2D eigenvalue weighted by molar-refractivity contribution is -0.154. The molecule has 0 bridgehead atoms. The van der Waals surface area contributed by atoms with Crippen LogP contribution in [-0.4, -0.2) is 38.4 Å². The van der Waals surface area contributed by atoms with Crippen LogP contribution in [0, 0.1) is 11.7 Å². The van der Waals surface area contributed by atoms with Gasteiger partial charge in [0.15, 0.2) is 17.2 Å². The molecule has 0 saturated carbocycles. The van der Waals surface area contributed by atoms with E-state index >= 15 is 0 Å². The quantitative estimate of drug-likeness (QED) is 0.588. The van der Waals surface area contributed by atoms with E-state index in [0.717, 1.165) is 11.1 Å². The second-order valence-corrected chi connectivity index (χ2v) is 6.53. The van der Waals surface area contributed by atoms with Crippen LogP contribution in [0.2, 0.25) is 0 Å². The van der Waals surface area contributed by atoms with Crippen LogP contribution in [0.1, 0.15) is 5.56 Å². The van der Waals surface area contributed by atoms with Crippen LogP contribution in [0.4, 0.5) is 18.9 Å². The lowest BCUT2D eigenvalue weighted by Gasteiger charge is -2.10. The maximum absolute atomic E-state index is 12.4.